The quantitative estimate of drug-likeness (QED) is 0.862. The lowest BCUT2D eigenvalue weighted by Crippen LogP contribution is -2.43. The Morgan fingerprint density at radius 2 is 2.14 bits per heavy atom. The van der Waals surface area contributed by atoms with Crippen LogP contribution in [0.15, 0.2) is 5.38 Å². The first-order valence-corrected chi connectivity index (χ1v) is 9.42. The van der Waals surface area contributed by atoms with Crippen LogP contribution in [0.2, 0.25) is 0 Å². The predicted octanol–water partition coefficient (Wildman–Crippen LogP) is 3.97. The molecule has 2 heterocycles. The smallest absolute Gasteiger partial charge is 0.113 e. The Morgan fingerprint density at radius 3 is 2.76 bits per heavy atom. The Kier molecular flexibility index (Phi) is 6.20. The molecule has 0 aromatic carbocycles. The van der Waals surface area contributed by atoms with Crippen molar-refractivity contribution in [2.75, 3.05) is 26.2 Å². The summed E-state index contributed by atoms with van der Waals surface area (Å²) in [7, 11) is 0. The minimum atomic E-state index is 0.106. The van der Waals surface area contributed by atoms with E-state index in [0.717, 1.165) is 6.54 Å². The molecule has 1 aliphatic rings. The van der Waals surface area contributed by atoms with Gasteiger partial charge in [-0.2, -0.15) is 0 Å². The first-order chi connectivity index (χ1) is 10.1. The van der Waals surface area contributed by atoms with Gasteiger partial charge in [-0.3, -0.25) is 0 Å². The van der Waals surface area contributed by atoms with Crippen LogP contribution in [0.1, 0.15) is 70.0 Å². The van der Waals surface area contributed by atoms with Crippen molar-refractivity contribution >= 4 is 11.3 Å². The topological polar surface area (TPSA) is 28.2 Å². The lowest BCUT2D eigenvalue weighted by atomic mass is 9.91. The second kappa shape index (κ2) is 7.70. The van der Waals surface area contributed by atoms with Gasteiger partial charge in [0.05, 0.1) is 11.2 Å². The molecule has 4 heteroatoms. The van der Waals surface area contributed by atoms with E-state index in [2.05, 4.69) is 43.3 Å². The van der Waals surface area contributed by atoms with Gasteiger partial charge in [0.25, 0.3) is 0 Å². The lowest BCUT2D eigenvalue weighted by molar-refractivity contribution is 0.258. The van der Waals surface area contributed by atoms with Crippen LogP contribution in [0.3, 0.4) is 0 Å². The van der Waals surface area contributed by atoms with Crippen molar-refractivity contribution in [2.24, 2.45) is 0 Å². The van der Waals surface area contributed by atoms with E-state index >= 15 is 0 Å². The molecule has 0 amide bonds. The van der Waals surface area contributed by atoms with E-state index in [1.165, 1.54) is 56.0 Å². The Hall–Kier alpha value is -0.450. The van der Waals surface area contributed by atoms with Gasteiger partial charge in [0.15, 0.2) is 0 Å². The third kappa shape index (κ3) is 4.05. The van der Waals surface area contributed by atoms with E-state index in [9.17, 15) is 0 Å². The fourth-order valence-corrected chi connectivity index (χ4v) is 4.52. The van der Waals surface area contributed by atoms with Crippen molar-refractivity contribution in [3.05, 3.63) is 16.1 Å². The van der Waals surface area contributed by atoms with Crippen LogP contribution in [0.5, 0.6) is 0 Å². The fraction of sp³-hybridized carbons (Fsp3) is 0.824. The van der Waals surface area contributed by atoms with Gasteiger partial charge in [0.1, 0.15) is 5.01 Å². The van der Waals surface area contributed by atoms with Crippen LogP contribution in [0.4, 0.5) is 0 Å². The third-order valence-corrected chi connectivity index (χ3v) is 5.58. The molecule has 120 valence electrons. The summed E-state index contributed by atoms with van der Waals surface area (Å²) in [6.45, 7) is 13.6. The molecule has 1 aromatic heterocycles. The summed E-state index contributed by atoms with van der Waals surface area (Å²) >= 11 is 1.85. The molecule has 0 spiro atoms. The van der Waals surface area contributed by atoms with Gasteiger partial charge in [-0.05, 0) is 51.2 Å². The molecule has 1 aromatic rings. The van der Waals surface area contributed by atoms with Gasteiger partial charge in [-0.15, -0.1) is 11.3 Å². The number of hydrogen-bond acceptors (Lipinski definition) is 4. The zero-order valence-electron chi connectivity index (χ0n) is 14.1. The molecule has 2 rings (SSSR count). The first-order valence-electron chi connectivity index (χ1n) is 8.54. The fourth-order valence-electron chi connectivity index (χ4n) is 3.31. The SMILES string of the molecule is CCCN1CCCC(NCC)(c2nc(C(C)C)cs2)CC1. The van der Waals surface area contributed by atoms with Crippen molar-refractivity contribution < 1.29 is 0 Å². The standard InChI is InChI=1S/C17H31N3S/c1-5-10-20-11-7-8-17(9-12-20,18-6-2)16-19-15(13-21-16)14(3)4/h13-14,18H,5-12H2,1-4H3. The number of nitrogens with one attached hydrogen (secondary N) is 1. The van der Waals surface area contributed by atoms with Crippen LogP contribution in [-0.2, 0) is 5.54 Å². The van der Waals surface area contributed by atoms with Crippen LogP contribution in [0, 0.1) is 0 Å². The number of rotatable bonds is 6. The van der Waals surface area contributed by atoms with E-state index in [4.69, 9.17) is 4.98 Å². The first kappa shape index (κ1) is 16.9. The molecule has 0 aliphatic carbocycles. The summed E-state index contributed by atoms with van der Waals surface area (Å²) in [4.78, 5) is 7.60. The molecule has 3 nitrogen and oxygen atoms in total. The summed E-state index contributed by atoms with van der Waals surface area (Å²) in [5.74, 6) is 0.524. The van der Waals surface area contributed by atoms with E-state index in [-0.39, 0.29) is 5.54 Å². The number of nitrogens with zero attached hydrogens (tertiary/aromatic N) is 2. The monoisotopic (exact) mass is 309 g/mol. The predicted molar refractivity (Wildman–Crippen MR) is 92.1 cm³/mol. The third-order valence-electron chi connectivity index (χ3n) is 4.51. The van der Waals surface area contributed by atoms with Crippen molar-refractivity contribution in [1.29, 1.82) is 0 Å². The maximum atomic E-state index is 4.97. The second-order valence-electron chi connectivity index (χ2n) is 6.54. The zero-order valence-corrected chi connectivity index (χ0v) is 14.9. The van der Waals surface area contributed by atoms with Crippen LogP contribution < -0.4 is 5.32 Å². The summed E-state index contributed by atoms with van der Waals surface area (Å²) < 4.78 is 0. The van der Waals surface area contributed by atoms with E-state index in [0.29, 0.717) is 5.92 Å². The normalized spacial score (nSPS) is 24.4. The maximum Gasteiger partial charge on any atom is 0.113 e. The highest BCUT2D eigenvalue weighted by Gasteiger charge is 2.36. The van der Waals surface area contributed by atoms with E-state index < -0.39 is 0 Å². The lowest BCUT2D eigenvalue weighted by Gasteiger charge is -2.32. The molecule has 1 unspecified atom stereocenters. The molecule has 1 atom stereocenters. The highest BCUT2D eigenvalue weighted by Crippen LogP contribution is 2.36. The highest BCUT2D eigenvalue weighted by molar-refractivity contribution is 7.09. The average molecular weight is 310 g/mol. The minimum Gasteiger partial charge on any atom is -0.306 e. The van der Waals surface area contributed by atoms with Crippen LogP contribution >= 0.6 is 11.3 Å². The zero-order chi connectivity index (χ0) is 15.3. The molecule has 21 heavy (non-hydrogen) atoms. The van der Waals surface area contributed by atoms with Crippen LogP contribution in [-0.4, -0.2) is 36.1 Å². The van der Waals surface area contributed by atoms with Gasteiger partial charge in [0.2, 0.25) is 0 Å². The molecule has 1 N–H and O–H groups in total. The van der Waals surface area contributed by atoms with Crippen molar-refractivity contribution in [1.82, 2.24) is 15.2 Å². The molecule has 0 radical (unpaired) electrons. The Morgan fingerprint density at radius 1 is 1.33 bits per heavy atom. The Balaban J connectivity index is 2.19. The average Bonchev–Trinajstić information content (AvgIpc) is 2.87. The summed E-state index contributed by atoms with van der Waals surface area (Å²) in [6.07, 6.45) is 4.92. The molecule has 1 aliphatic heterocycles. The molecular formula is C17H31N3S. The molecule has 0 bridgehead atoms. The van der Waals surface area contributed by atoms with E-state index in [1.807, 2.05) is 11.3 Å². The van der Waals surface area contributed by atoms with Crippen molar-refractivity contribution in [2.45, 2.75) is 64.8 Å². The highest BCUT2D eigenvalue weighted by atomic mass is 32.1. The van der Waals surface area contributed by atoms with Gasteiger partial charge in [0, 0.05) is 11.9 Å². The molecular weight excluding hydrogens is 278 g/mol. The van der Waals surface area contributed by atoms with Crippen molar-refractivity contribution in [3.63, 3.8) is 0 Å². The molecule has 1 saturated heterocycles. The Bertz CT molecular complexity index is 429. The minimum absolute atomic E-state index is 0.106. The Labute approximate surface area is 134 Å². The van der Waals surface area contributed by atoms with Crippen LogP contribution in [0.25, 0.3) is 0 Å². The molecule has 1 fully saturated rings. The van der Waals surface area contributed by atoms with Gasteiger partial charge >= 0.3 is 0 Å². The number of thiazole rings is 1. The molecule has 0 saturated carbocycles. The number of hydrogen-bond donors (Lipinski definition) is 1. The largest absolute Gasteiger partial charge is 0.306 e. The maximum absolute atomic E-state index is 4.97. The summed E-state index contributed by atoms with van der Waals surface area (Å²) in [5.41, 5.74) is 1.36. The van der Waals surface area contributed by atoms with Crippen molar-refractivity contribution in [3.8, 4) is 0 Å². The second-order valence-corrected chi connectivity index (χ2v) is 7.40. The van der Waals surface area contributed by atoms with E-state index in [1.54, 1.807) is 0 Å². The summed E-state index contributed by atoms with van der Waals surface area (Å²) in [5, 5.41) is 7.36. The van der Waals surface area contributed by atoms with Gasteiger partial charge in [-0.1, -0.05) is 27.7 Å². The summed E-state index contributed by atoms with van der Waals surface area (Å²) in [6, 6.07) is 0. The number of aromatic nitrogens is 1. The van der Waals surface area contributed by atoms with Gasteiger partial charge in [-0.25, -0.2) is 4.98 Å². The van der Waals surface area contributed by atoms with Gasteiger partial charge < -0.3 is 10.2 Å². The number of likely N-dealkylation sites (tertiary alicyclic amines) is 1.